The van der Waals surface area contributed by atoms with E-state index in [1.807, 2.05) is 6.07 Å². The summed E-state index contributed by atoms with van der Waals surface area (Å²) >= 11 is 0. The largest absolute Gasteiger partial charge is 0.479 e. The first-order valence-corrected chi connectivity index (χ1v) is 6.11. The van der Waals surface area contributed by atoms with Gasteiger partial charge < -0.3 is 9.30 Å². The van der Waals surface area contributed by atoms with Gasteiger partial charge in [0, 0.05) is 32.7 Å². The Balaban J connectivity index is 0.00000242. The van der Waals surface area contributed by atoms with Crippen LogP contribution in [0.2, 0.25) is 0 Å². The van der Waals surface area contributed by atoms with Crippen LogP contribution in [-0.4, -0.2) is 17.6 Å². The number of nitrogens with zero attached hydrogens (tertiary/aromatic N) is 2. The van der Waals surface area contributed by atoms with Crippen molar-refractivity contribution in [2.24, 2.45) is 0 Å². The van der Waals surface area contributed by atoms with Crippen LogP contribution in [-0.2, 0) is 39.3 Å². The van der Waals surface area contributed by atoms with Crippen LogP contribution in [0.15, 0.2) is 41.2 Å². The molecule has 0 aliphatic rings. The summed E-state index contributed by atoms with van der Waals surface area (Å²) in [6.07, 6.45) is -2.63. The SMILES string of the molecule is N#CCOc1ccc(-c2[c-]ccc(=O)n2CC(F)F)cc1.[Y]. The van der Waals surface area contributed by atoms with Crippen LogP contribution in [0.25, 0.3) is 11.3 Å². The molecule has 0 saturated heterocycles. The second-order valence-electron chi connectivity index (χ2n) is 4.14. The smallest absolute Gasteiger partial charge is 0.256 e. The number of hydrogen-bond acceptors (Lipinski definition) is 3. The molecular weight excluding hydrogens is 367 g/mol. The van der Waals surface area contributed by atoms with Crippen molar-refractivity contribution in [2.45, 2.75) is 13.0 Å². The topological polar surface area (TPSA) is 55.0 Å². The van der Waals surface area contributed by atoms with E-state index in [0.29, 0.717) is 11.3 Å². The Morgan fingerprint density at radius 2 is 1.95 bits per heavy atom. The molecule has 7 heteroatoms. The van der Waals surface area contributed by atoms with Crippen LogP contribution in [0.1, 0.15) is 0 Å². The normalized spacial score (nSPS) is 9.91. The van der Waals surface area contributed by atoms with Crippen LogP contribution in [0.3, 0.4) is 0 Å². The Morgan fingerprint density at radius 3 is 2.55 bits per heavy atom. The van der Waals surface area contributed by atoms with Gasteiger partial charge in [-0.3, -0.25) is 4.79 Å². The second-order valence-corrected chi connectivity index (χ2v) is 4.14. The van der Waals surface area contributed by atoms with Gasteiger partial charge in [-0.2, -0.15) is 17.4 Å². The predicted octanol–water partition coefficient (Wildman–Crippen LogP) is 2.48. The molecule has 0 aliphatic carbocycles. The van der Waals surface area contributed by atoms with Gasteiger partial charge in [-0.05, 0) is 12.1 Å². The quantitative estimate of drug-likeness (QED) is 0.752. The van der Waals surface area contributed by atoms with Gasteiger partial charge in [-0.15, -0.1) is 12.1 Å². The predicted molar refractivity (Wildman–Crippen MR) is 72.1 cm³/mol. The fraction of sp³-hybridized carbons (Fsp3) is 0.200. The van der Waals surface area contributed by atoms with E-state index in [0.717, 1.165) is 4.57 Å². The summed E-state index contributed by atoms with van der Waals surface area (Å²) in [6.45, 7) is -0.759. The number of aromatic nitrogens is 1. The maximum atomic E-state index is 12.6. The number of ether oxygens (including phenoxy) is 1. The fourth-order valence-corrected chi connectivity index (χ4v) is 1.85. The van der Waals surface area contributed by atoms with Crippen LogP contribution in [0.5, 0.6) is 5.75 Å². The molecule has 22 heavy (non-hydrogen) atoms. The molecular formula is C15H11F2N2O2Y-. The van der Waals surface area contributed by atoms with E-state index in [2.05, 4.69) is 6.07 Å². The Labute approximate surface area is 151 Å². The summed E-state index contributed by atoms with van der Waals surface area (Å²) in [5.74, 6) is 0.485. The van der Waals surface area contributed by atoms with Crippen LogP contribution in [0.4, 0.5) is 8.78 Å². The molecule has 1 aromatic carbocycles. The van der Waals surface area contributed by atoms with Crippen molar-refractivity contribution in [3.05, 3.63) is 52.8 Å². The van der Waals surface area contributed by atoms with E-state index in [1.54, 1.807) is 24.3 Å². The standard InChI is InChI=1S/C15H11F2N2O2.Y/c16-14(17)10-19-13(2-1-3-15(19)20)11-4-6-12(7-5-11)21-9-8-18;/h1,3-7,14H,9-10H2;/q-1;. The first-order chi connectivity index (χ1) is 10.1. The average molecular weight is 378 g/mol. The van der Waals surface area contributed by atoms with Gasteiger partial charge in [-0.1, -0.05) is 17.3 Å². The molecule has 0 unspecified atom stereocenters. The zero-order valence-corrected chi connectivity index (χ0v) is 14.3. The zero-order chi connectivity index (χ0) is 15.2. The van der Waals surface area contributed by atoms with E-state index < -0.39 is 18.5 Å². The minimum Gasteiger partial charge on any atom is -0.479 e. The number of pyridine rings is 1. The third kappa shape index (κ3) is 4.72. The van der Waals surface area contributed by atoms with Gasteiger partial charge in [0.25, 0.3) is 6.43 Å². The summed E-state index contributed by atoms with van der Waals surface area (Å²) in [7, 11) is 0. The van der Waals surface area contributed by atoms with Gasteiger partial charge in [0.15, 0.2) is 12.2 Å². The molecule has 1 radical (unpaired) electrons. The number of halogens is 2. The number of hydrogen-bond donors (Lipinski definition) is 0. The third-order valence-electron chi connectivity index (χ3n) is 2.73. The van der Waals surface area contributed by atoms with E-state index in [9.17, 15) is 13.6 Å². The maximum Gasteiger partial charge on any atom is 0.256 e. The summed E-state index contributed by atoms with van der Waals surface area (Å²) in [6, 6.07) is 13.7. The van der Waals surface area contributed by atoms with Gasteiger partial charge in [0.2, 0.25) is 0 Å². The Kier molecular flexibility index (Phi) is 7.36. The molecule has 0 fully saturated rings. The Hall–Kier alpha value is -1.58. The van der Waals surface area contributed by atoms with Crippen molar-refractivity contribution >= 4 is 0 Å². The van der Waals surface area contributed by atoms with Crippen molar-refractivity contribution in [3.63, 3.8) is 0 Å². The monoisotopic (exact) mass is 378 g/mol. The van der Waals surface area contributed by atoms with Crippen molar-refractivity contribution in [1.29, 1.82) is 5.26 Å². The summed E-state index contributed by atoms with van der Waals surface area (Å²) < 4.78 is 31.2. The van der Waals surface area contributed by atoms with Gasteiger partial charge in [0.1, 0.15) is 11.8 Å². The van der Waals surface area contributed by atoms with E-state index in [-0.39, 0.29) is 45.0 Å². The summed E-state index contributed by atoms with van der Waals surface area (Å²) in [4.78, 5) is 11.7. The molecule has 0 N–H and O–H groups in total. The minimum absolute atomic E-state index is 0. The molecule has 111 valence electrons. The summed E-state index contributed by atoms with van der Waals surface area (Å²) in [5, 5.41) is 8.42. The first-order valence-electron chi connectivity index (χ1n) is 6.11. The van der Waals surface area contributed by atoms with Gasteiger partial charge in [0.05, 0.1) is 6.54 Å². The zero-order valence-electron chi connectivity index (χ0n) is 11.5. The minimum atomic E-state index is -2.63. The van der Waals surface area contributed by atoms with E-state index in [1.165, 1.54) is 12.1 Å². The molecule has 1 heterocycles. The maximum absolute atomic E-state index is 12.6. The molecule has 4 nitrogen and oxygen atoms in total. The molecule has 1 aromatic heterocycles. The molecule has 2 rings (SSSR count). The van der Waals surface area contributed by atoms with E-state index in [4.69, 9.17) is 10.00 Å². The molecule has 0 aliphatic heterocycles. The number of alkyl halides is 2. The first kappa shape index (κ1) is 18.5. The molecule has 2 aromatic rings. The van der Waals surface area contributed by atoms with Crippen molar-refractivity contribution in [1.82, 2.24) is 4.57 Å². The van der Waals surface area contributed by atoms with Crippen LogP contribution < -0.4 is 10.3 Å². The number of benzene rings is 1. The summed E-state index contributed by atoms with van der Waals surface area (Å²) in [5.41, 5.74) is 0.348. The molecule has 0 bridgehead atoms. The molecule has 0 spiro atoms. The van der Waals surface area contributed by atoms with Crippen LogP contribution >= 0.6 is 0 Å². The number of nitriles is 1. The van der Waals surface area contributed by atoms with Gasteiger partial charge >= 0.3 is 0 Å². The van der Waals surface area contributed by atoms with E-state index >= 15 is 0 Å². The third-order valence-corrected chi connectivity index (χ3v) is 2.73. The van der Waals surface area contributed by atoms with Gasteiger partial charge in [-0.25, -0.2) is 8.78 Å². The molecule has 0 atom stereocenters. The average Bonchev–Trinajstić information content (AvgIpc) is 2.47. The Bertz CT molecular complexity index is 709. The second kappa shape index (κ2) is 8.77. The van der Waals surface area contributed by atoms with Crippen LogP contribution in [0, 0.1) is 17.4 Å². The Morgan fingerprint density at radius 1 is 1.27 bits per heavy atom. The number of rotatable bonds is 5. The van der Waals surface area contributed by atoms with Crippen molar-refractivity contribution < 1.29 is 46.2 Å². The van der Waals surface area contributed by atoms with Crippen molar-refractivity contribution in [3.8, 4) is 23.1 Å². The molecule has 0 amide bonds. The fourth-order valence-electron chi connectivity index (χ4n) is 1.85. The molecule has 0 saturated carbocycles. The van der Waals surface area contributed by atoms with Crippen molar-refractivity contribution in [2.75, 3.05) is 6.61 Å².